The van der Waals surface area contributed by atoms with Gasteiger partial charge in [0.1, 0.15) is 0 Å². The molecule has 0 spiro atoms. The number of halogens is 4. The molecule has 0 radical (unpaired) electrons. The van der Waals surface area contributed by atoms with Crippen LogP contribution in [0.1, 0.15) is 31.2 Å². The van der Waals surface area contributed by atoms with E-state index in [-0.39, 0.29) is 16.8 Å². The van der Waals surface area contributed by atoms with Gasteiger partial charge >= 0.3 is 6.18 Å². The van der Waals surface area contributed by atoms with Crippen LogP contribution in [-0.4, -0.2) is 17.3 Å². The highest BCUT2D eigenvalue weighted by Crippen LogP contribution is 2.39. The van der Waals surface area contributed by atoms with Crippen molar-refractivity contribution in [2.45, 2.75) is 44.0 Å². The van der Waals surface area contributed by atoms with E-state index < -0.39 is 17.8 Å². The largest absolute Gasteiger partial charge is 0.418 e. The molecule has 1 aromatic rings. The van der Waals surface area contributed by atoms with Gasteiger partial charge in [0.2, 0.25) is 0 Å². The average Bonchev–Trinajstić information content (AvgIpc) is 2.33. The van der Waals surface area contributed by atoms with Gasteiger partial charge in [-0.25, -0.2) is 0 Å². The lowest BCUT2D eigenvalue weighted by molar-refractivity contribution is -0.137. The van der Waals surface area contributed by atoms with E-state index in [2.05, 4.69) is 5.32 Å². The summed E-state index contributed by atoms with van der Waals surface area (Å²) in [6, 6.07) is 3.29. The first-order valence-electron chi connectivity index (χ1n) is 6.20. The molecule has 19 heavy (non-hydrogen) atoms. The molecule has 0 bridgehead atoms. The van der Waals surface area contributed by atoms with Crippen LogP contribution < -0.4 is 5.32 Å². The van der Waals surface area contributed by atoms with Crippen molar-refractivity contribution in [3.05, 3.63) is 28.8 Å². The van der Waals surface area contributed by atoms with Gasteiger partial charge < -0.3 is 10.4 Å². The van der Waals surface area contributed by atoms with Crippen LogP contribution in [0.15, 0.2) is 18.2 Å². The predicted octanol–water partition coefficient (Wildman–Crippen LogP) is 4.07. The normalized spacial score (nSPS) is 24.3. The number of alkyl halides is 3. The van der Waals surface area contributed by atoms with Gasteiger partial charge in [-0.1, -0.05) is 30.5 Å². The third-order valence-electron chi connectivity index (χ3n) is 3.38. The molecule has 2 rings (SSSR count). The first-order chi connectivity index (χ1) is 8.89. The van der Waals surface area contributed by atoms with Crippen LogP contribution in [0.25, 0.3) is 0 Å². The van der Waals surface area contributed by atoms with Crippen LogP contribution in [0.4, 0.5) is 18.9 Å². The highest BCUT2D eigenvalue weighted by molar-refractivity contribution is 6.33. The Balaban J connectivity index is 2.28. The quantitative estimate of drug-likeness (QED) is 0.861. The highest BCUT2D eigenvalue weighted by atomic mass is 35.5. The molecule has 2 N–H and O–H groups in total. The number of aliphatic hydroxyl groups excluding tert-OH is 1. The molecule has 0 aromatic heterocycles. The Morgan fingerprint density at radius 3 is 2.53 bits per heavy atom. The van der Waals surface area contributed by atoms with Gasteiger partial charge in [0.05, 0.1) is 28.4 Å². The fourth-order valence-electron chi connectivity index (χ4n) is 2.37. The molecule has 0 saturated heterocycles. The monoisotopic (exact) mass is 293 g/mol. The van der Waals surface area contributed by atoms with Gasteiger partial charge in [-0.2, -0.15) is 13.2 Å². The zero-order chi connectivity index (χ0) is 14.0. The Kier molecular flexibility index (Phi) is 4.26. The third kappa shape index (κ3) is 3.34. The Labute approximate surface area is 114 Å². The number of anilines is 1. The summed E-state index contributed by atoms with van der Waals surface area (Å²) in [5.41, 5.74) is -0.930. The SMILES string of the molecule is O[C@@H]1CCCC[C@H]1Nc1c(Cl)cccc1C(F)(F)F. The Hall–Kier alpha value is -0.940. The first-order valence-corrected chi connectivity index (χ1v) is 6.57. The summed E-state index contributed by atoms with van der Waals surface area (Å²) in [7, 11) is 0. The van der Waals surface area contributed by atoms with Crippen molar-refractivity contribution in [2.75, 3.05) is 5.32 Å². The maximum absolute atomic E-state index is 12.9. The fraction of sp³-hybridized carbons (Fsp3) is 0.538. The molecule has 1 aliphatic carbocycles. The molecule has 1 saturated carbocycles. The van der Waals surface area contributed by atoms with E-state index in [0.29, 0.717) is 12.8 Å². The molecule has 0 unspecified atom stereocenters. The van der Waals surface area contributed by atoms with Crippen LogP contribution in [0, 0.1) is 0 Å². The molecule has 2 nitrogen and oxygen atoms in total. The highest BCUT2D eigenvalue weighted by Gasteiger charge is 2.35. The Morgan fingerprint density at radius 2 is 1.89 bits per heavy atom. The summed E-state index contributed by atoms with van der Waals surface area (Å²) in [5, 5.41) is 12.6. The minimum atomic E-state index is -4.47. The lowest BCUT2D eigenvalue weighted by atomic mass is 9.92. The van der Waals surface area contributed by atoms with Gasteiger partial charge in [0, 0.05) is 0 Å². The van der Waals surface area contributed by atoms with E-state index in [1.165, 1.54) is 12.1 Å². The van der Waals surface area contributed by atoms with Crippen molar-refractivity contribution in [3.63, 3.8) is 0 Å². The van der Waals surface area contributed by atoms with Crippen molar-refractivity contribution < 1.29 is 18.3 Å². The van der Waals surface area contributed by atoms with Crippen molar-refractivity contribution in [1.82, 2.24) is 0 Å². The summed E-state index contributed by atoms with van der Waals surface area (Å²) >= 11 is 5.86. The lowest BCUT2D eigenvalue weighted by Gasteiger charge is -2.30. The minimum Gasteiger partial charge on any atom is -0.391 e. The molecule has 1 fully saturated rings. The van der Waals surface area contributed by atoms with E-state index in [0.717, 1.165) is 18.9 Å². The number of rotatable bonds is 2. The number of aliphatic hydroxyl groups is 1. The number of hydrogen-bond acceptors (Lipinski definition) is 2. The number of para-hydroxylation sites is 1. The van der Waals surface area contributed by atoms with Crippen molar-refractivity contribution >= 4 is 17.3 Å². The predicted molar refractivity (Wildman–Crippen MR) is 68.3 cm³/mol. The number of hydrogen-bond donors (Lipinski definition) is 2. The smallest absolute Gasteiger partial charge is 0.391 e. The molecule has 1 aromatic carbocycles. The zero-order valence-electron chi connectivity index (χ0n) is 10.2. The van der Waals surface area contributed by atoms with Crippen LogP contribution in [0.5, 0.6) is 0 Å². The van der Waals surface area contributed by atoms with Gasteiger partial charge in [0.15, 0.2) is 0 Å². The van der Waals surface area contributed by atoms with E-state index in [1.54, 1.807) is 0 Å². The molecule has 6 heteroatoms. The Morgan fingerprint density at radius 1 is 1.21 bits per heavy atom. The van der Waals surface area contributed by atoms with E-state index in [9.17, 15) is 18.3 Å². The van der Waals surface area contributed by atoms with Gasteiger partial charge in [-0.05, 0) is 25.0 Å². The van der Waals surface area contributed by atoms with Gasteiger partial charge in [-0.3, -0.25) is 0 Å². The molecule has 2 atom stereocenters. The zero-order valence-corrected chi connectivity index (χ0v) is 10.9. The summed E-state index contributed by atoms with van der Waals surface area (Å²) in [6.07, 6.45) is -2.07. The second-order valence-corrected chi connectivity index (χ2v) is 5.17. The van der Waals surface area contributed by atoms with E-state index in [1.807, 2.05) is 0 Å². The molecule has 1 aliphatic rings. The molecule has 106 valence electrons. The van der Waals surface area contributed by atoms with Gasteiger partial charge in [-0.15, -0.1) is 0 Å². The van der Waals surface area contributed by atoms with Crippen molar-refractivity contribution in [3.8, 4) is 0 Å². The Bertz CT molecular complexity index is 450. The van der Waals surface area contributed by atoms with E-state index in [4.69, 9.17) is 11.6 Å². The van der Waals surface area contributed by atoms with Gasteiger partial charge in [0.25, 0.3) is 0 Å². The van der Waals surface area contributed by atoms with E-state index >= 15 is 0 Å². The van der Waals surface area contributed by atoms with Crippen molar-refractivity contribution in [1.29, 1.82) is 0 Å². The fourth-order valence-corrected chi connectivity index (χ4v) is 2.60. The number of nitrogens with one attached hydrogen (secondary N) is 1. The lowest BCUT2D eigenvalue weighted by Crippen LogP contribution is -2.37. The topological polar surface area (TPSA) is 32.3 Å². The summed E-state index contributed by atoms with van der Waals surface area (Å²) < 4.78 is 38.8. The molecule has 0 aliphatic heterocycles. The van der Waals surface area contributed by atoms with Crippen LogP contribution in [0.2, 0.25) is 5.02 Å². The standard InChI is InChI=1S/C13H15ClF3NO/c14-9-5-3-4-8(13(15,16)17)12(9)18-10-6-1-2-7-11(10)19/h3-5,10-11,18-19H,1-2,6-7H2/t10-,11-/m1/s1. The van der Waals surface area contributed by atoms with Crippen LogP contribution >= 0.6 is 11.6 Å². The summed E-state index contributed by atoms with van der Waals surface area (Å²) in [4.78, 5) is 0. The van der Waals surface area contributed by atoms with Crippen LogP contribution in [-0.2, 0) is 6.18 Å². The molecular weight excluding hydrogens is 279 g/mol. The molecule has 0 heterocycles. The maximum Gasteiger partial charge on any atom is 0.418 e. The molecular formula is C13H15ClF3NO. The second kappa shape index (κ2) is 5.59. The minimum absolute atomic E-state index is 0.0209. The second-order valence-electron chi connectivity index (χ2n) is 4.76. The first kappa shape index (κ1) is 14.5. The molecule has 0 amide bonds. The van der Waals surface area contributed by atoms with Crippen LogP contribution in [0.3, 0.4) is 0 Å². The summed E-state index contributed by atoms with van der Waals surface area (Å²) in [5.74, 6) is 0. The summed E-state index contributed by atoms with van der Waals surface area (Å²) in [6.45, 7) is 0. The maximum atomic E-state index is 12.9. The third-order valence-corrected chi connectivity index (χ3v) is 3.69. The number of benzene rings is 1. The van der Waals surface area contributed by atoms with Crippen molar-refractivity contribution in [2.24, 2.45) is 0 Å². The average molecular weight is 294 g/mol.